The molecule has 1 heterocycles. The standard InChI is InChI=1S/C21H35N3O4/c1-21(2,3)28-20(27)22-12-9-18(25)23-17-10-13-24(14-11-17)19(26)15-16-7-5-4-6-8-16/h15,17H,4-14H2,1-3H3,(H,22,27)(H,23,25). The van der Waals surface area contributed by atoms with Crippen LogP contribution in [0.5, 0.6) is 0 Å². The molecule has 1 saturated carbocycles. The topological polar surface area (TPSA) is 87.7 Å². The Balaban J connectivity index is 1.63. The average Bonchev–Trinajstić information content (AvgIpc) is 2.61. The number of nitrogens with zero attached hydrogens (tertiary/aromatic N) is 1. The van der Waals surface area contributed by atoms with Crippen LogP contribution in [-0.2, 0) is 14.3 Å². The van der Waals surface area contributed by atoms with Gasteiger partial charge in [0.15, 0.2) is 0 Å². The Bertz CT molecular complexity index is 579. The van der Waals surface area contributed by atoms with Crippen molar-refractivity contribution in [3.8, 4) is 0 Å². The minimum absolute atomic E-state index is 0.0837. The molecule has 158 valence electrons. The minimum atomic E-state index is -0.551. The number of nitrogens with one attached hydrogen (secondary N) is 2. The zero-order valence-corrected chi connectivity index (χ0v) is 17.5. The molecule has 0 spiro atoms. The number of allylic oxidation sites excluding steroid dienone is 1. The molecule has 7 heteroatoms. The number of amides is 3. The Hall–Kier alpha value is -2.05. The fourth-order valence-electron chi connectivity index (χ4n) is 3.55. The lowest BCUT2D eigenvalue weighted by atomic mass is 9.94. The van der Waals surface area contributed by atoms with E-state index >= 15 is 0 Å². The molecule has 1 saturated heterocycles. The summed E-state index contributed by atoms with van der Waals surface area (Å²) in [5.41, 5.74) is 0.731. The molecule has 2 N–H and O–H groups in total. The van der Waals surface area contributed by atoms with Gasteiger partial charge < -0.3 is 20.3 Å². The molecule has 0 aromatic carbocycles. The number of alkyl carbamates (subject to hydrolysis) is 1. The number of hydrogen-bond acceptors (Lipinski definition) is 4. The van der Waals surface area contributed by atoms with E-state index in [1.165, 1.54) is 24.8 Å². The van der Waals surface area contributed by atoms with Crippen molar-refractivity contribution >= 4 is 17.9 Å². The van der Waals surface area contributed by atoms with E-state index in [9.17, 15) is 14.4 Å². The number of likely N-dealkylation sites (tertiary alicyclic amines) is 1. The largest absolute Gasteiger partial charge is 0.444 e. The fraction of sp³-hybridized carbons (Fsp3) is 0.762. The number of rotatable bonds is 5. The van der Waals surface area contributed by atoms with Crippen LogP contribution >= 0.6 is 0 Å². The molecule has 0 atom stereocenters. The van der Waals surface area contributed by atoms with Crippen molar-refractivity contribution in [3.05, 3.63) is 11.6 Å². The summed E-state index contributed by atoms with van der Waals surface area (Å²) < 4.78 is 5.13. The average molecular weight is 394 g/mol. The smallest absolute Gasteiger partial charge is 0.407 e. The van der Waals surface area contributed by atoms with E-state index in [-0.39, 0.29) is 30.8 Å². The van der Waals surface area contributed by atoms with Gasteiger partial charge in [-0.3, -0.25) is 9.59 Å². The van der Waals surface area contributed by atoms with Crippen LogP contribution in [0, 0.1) is 0 Å². The highest BCUT2D eigenvalue weighted by atomic mass is 16.6. The van der Waals surface area contributed by atoms with Crippen molar-refractivity contribution in [1.82, 2.24) is 15.5 Å². The number of ether oxygens (including phenoxy) is 1. The summed E-state index contributed by atoms with van der Waals surface area (Å²) in [6.07, 6.45) is 8.81. The molecule has 0 bridgehead atoms. The molecule has 2 aliphatic rings. The van der Waals surface area contributed by atoms with Crippen LogP contribution in [0.4, 0.5) is 4.79 Å². The second-order valence-corrected chi connectivity index (χ2v) is 8.71. The van der Waals surface area contributed by atoms with Gasteiger partial charge in [0, 0.05) is 38.2 Å². The molecule has 28 heavy (non-hydrogen) atoms. The molecule has 2 fully saturated rings. The van der Waals surface area contributed by atoms with E-state index in [1.807, 2.05) is 11.0 Å². The highest BCUT2D eigenvalue weighted by Crippen LogP contribution is 2.23. The van der Waals surface area contributed by atoms with E-state index in [4.69, 9.17) is 4.74 Å². The number of hydrogen-bond donors (Lipinski definition) is 2. The highest BCUT2D eigenvalue weighted by molar-refractivity contribution is 5.88. The van der Waals surface area contributed by atoms with Crippen molar-refractivity contribution in [2.75, 3.05) is 19.6 Å². The molecular formula is C21H35N3O4. The first-order chi connectivity index (χ1) is 13.2. The molecule has 0 unspecified atom stereocenters. The van der Waals surface area contributed by atoms with E-state index in [0.29, 0.717) is 13.1 Å². The Morgan fingerprint density at radius 2 is 1.75 bits per heavy atom. The first kappa shape index (κ1) is 22.2. The SMILES string of the molecule is CC(C)(C)OC(=O)NCCC(=O)NC1CCN(C(=O)C=C2CCCCC2)CC1. The first-order valence-corrected chi connectivity index (χ1v) is 10.5. The Morgan fingerprint density at radius 1 is 1.11 bits per heavy atom. The maximum Gasteiger partial charge on any atom is 0.407 e. The van der Waals surface area contributed by atoms with Crippen LogP contribution in [0.2, 0.25) is 0 Å². The molecule has 2 rings (SSSR count). The van der Waals surface area contributed by atoms with Gasteiger partial charge in [-0.25, -0.2) is 4.79 Å². The van der Waals surface area contributed by atoms with Crippen LogP contribution in [0.15, 0.2) is 11.6 Å². The van der Waals surface area contributed by atoms with Crippen molar-refractivity contribution in [2.24, 2.45) is 0 Å². The monoisotopic (exact) mass is 393 g/mol. The molecule has 0 radical (unpaired) electrons. The van der Waals surface area contributed by atoms with Gasteiger partial charge in [-0.15, -0.1) is 0 Å². The Labute approximate surface area is 168 Å². The number of carbonyl (C=O) groups excluding carboxylic acids is 3. The van der Waals surface area contributed by atoms with Crippen molar-refractivity contribution in [2.45, 2.75) is 83.8 Å². The van der Waals surface area contributed by atoms with Gasteiger partial charge in [0.1, 0.15) is 5.60 Å². The lowest BCUT2D eigenvalue weighted by molar-refractivity contribution is -0.127. The summed E-state index contributed by atoms with van der Waals surface area (Å²) in [5.74, 6) is 0.0217. The van der Waals surface area contributed by atoms with E-state index in [2.05, 4.69) is 10.6 Å². The molecule has 1 aliphatic carbocycles. The van der Waals surface area contributed by atoms with Crippen molar-refractivity contribution in [1.29, 1.82) is 0 Å². The third-order valence-electron chi connectivity index (χ3n) is 5.02. The maximum absolute atomic E-state index is 12.4. The summed E-state index contributed by atoms with van der Waals surface area (Å²) in [6.45, 7) is 6.96. The third kappa shape index (κ3) is 8.31. The first-order valence-electron chi connectivity index (χ1n) is 10.5. The molecule has 0 aromatic heterocycles. The summed E-state index contributed by atoms with van der Waals surface area (Å²) in [6, 6.07) is 0.0837. The predicted octanol–water partition coefficient (Wildman–Crippen LogP) is 2.90. The second-order valence-electron chi connectivity index (χ2n) is 8.71. The van der Waals surface area contributed by atoms with Crippen LogP contribution in [0.1, 0.15) is 72.1 Å². The van der Waals surface area contributed by atoms with E-state index in [0.717, 1.165) is 25.7 Å². The van der Waals surface area contributed by atoms with Gasteiger partial charge in [0.25, 0.3) is 0 Å². The lowest BCUT2D eigenvalue weighted by Gasteiger charge is -2.32. The van der Waals surface area contributed by atoms with Gasteiger partial charge in [0.05, 0.1) is 0 Å². The van der Waals surface area contributed by atoms with E-state index in [1.54, 1.807) is 20.8 Å². The van der Waals surface area contributed by atoms with E-state index < -0.39 is 11.7 Å². The van der Waals surface area contributed by atoms with Gasteiger partial charge in [-0.05, 0) is 59.3 Å². The van der Waals surface area contributed by atoms with Crippen LogP contribution in [-0.4, -0.2) is 54.1 Å². The third-order valence-corrected chi connectivity index (χ3v) is 5.02. The fourth-order valence-corrected chi connectivity index (χ4v) is 3.55. The molecule has 7 nitrogen and oxygen atoms in total. The zero-order chi connectivity index (χ0) is 20.6. The van der Waals surface area contributed by atoms with Crippen molar-refractivity contribution < 1.29 is 19.1 Å². The predicted molar refractivity (Wildman–Crippen MR) is 108 cm³/mol. The maximum atomic E-state index is 12.4. The Morgan fingerprint density at radius 3 is 2.36 bits per heavy atom. The van der Waals surface area contributed by atoms with Gasteiger partial charge in [-0.2, -0.15) is 0 Å². The summed E-state index contributed by atoms with van der Waals surface area (Å²) in [7, 11) is 0. The normalized spacial score (nSPS) is 18.4. The van der Waals surface area contributed by atoms with Crippen LogP contribution in [0.25, 0.3) is 0 Å². The van der Waals surface area contributed by atoms with Gasteiger partial charge >= 0.3 is 6.09 Å². The number of piperidine rings is 1. The lowest BCUT2D eigenvalue weighted by Crippen LogP contribution is -2.46. The highest BCUT2D eigenvalue weighted by Gasteiger charge is 2.23. The van der Waals surface area contributed by atoms with Gasteiger partial charge in [-0.1, -0.05) is 12.0 Å². The molecular weight excluding hydrogens is 358 g/mol. The Kier molecular flexibility index (Phi) is 8.33. The molecule has 3 amide bonds. The van der Waals surface area contributed by atoms with Crippen molar-refractivity contribution in [3.63, 3.8) is 0 Å². The van der Waals surface area contributed by atoms with Crippen LogP contribution in [0.3, 0.4) is 0 Å². The summed E-state index contributed by atoms with van der Waals surface area (Å²) in [4.78, 5) is 37.9. The minimum Gasteiger partial charge on any atom is -0.444 e. The quantitative estimate of drug-likeness (QED) is 0.703. The number of carbonyl (C=O) groups is 3. The summed E-state index contributed by atoms with van der Waals surface area (Å²) >= 11 is 0. The second kappa shape index (κ2) is 10.5. The molecule has 0 aromatic rings. The summed E-state index contributed by atoms with van der Waals surface area (Å²) in [5, 5.41) is 5.58. The zero-order valence-electron chi connectivity index (χ0n) is 17.5. The van der Waals surface area contributed by atoms with Crippen LogP contribution < -0.4 is 10.6 Å². The molecule has 1 aliphatic heterocycles. The van der Waals surface area contributed by atoms with Gasteiger partial charge in [0.2, 0.25) is 11.8 Å².